The van der Waals surface area contributed by atoms with E-state index >= 15 is 0 Å². The van der Waals surface area contributed by atoms with Gasteiger partial charge in [0.2, 0.25) is 0 Å². The first kappa shape index (κ1) is 16.4. The van der Waals surface area contributed by atoms with E-state index in [9.17, 15) is 4.79 Å². The summed E-state index contributed by atoms with van der Waals surface area (Å²) in [5.41, 5.74) is 6.00. The number of rotatable bonds is 8. The topological polar surface area (TPSA) is 55.6 Å². The molecule has 0 aromatic heterocycles. The lowest BCUT2D eigenvalue weighted by atomic mass is 10.0. The van der Waals surface area contributed by atoms with Gasteiger partial charge in [-0.05, 0) is 32.7 Å². The maximum Gasteiger partial charge on any atom is 0.323 e. The Hall–Kier alpha value is -0.610. The number of nitrogens with zero attached hydrogens (tertiary/aromatic N) is 1. The molecular formula is C13H28N2O2. The largest absolute Gasteiger partial charge is 0.465 e. The average molecular weight is 244 g/mol. The predicted octanol–water partition coefficient (Wildman–Crippen LogP) is 1.63. The van der Waals surface area contributed by atoms with Crippen LogP contribution >= 0.6 is 0 Å². The Balaban J connectivity index is 4.16. The second-order valence-electron chi connectivity index (χ2n) is 4.85. The molecule has 0 heterocycles. The van der Waals surface area contributed by atoms with Crippen LogP contribution in [-0.4, -0.2) is 43.2 Å². The molecule has 2 unspecified atom stereocenters. The fourth-order valence-corrected chi connectivity index (χ4v) is 1.74. The van der Waals surface area contributed by atoms with Gasteiger partial charge in [0.1, 0.15) is 6.04 Å². The van der Waals surface area contributed by atoms with Crippen LogP contribution in [0, 0.1) is 5.92 Å². The van der Waals surface area contributed by atoms with Crippen molar-refractivity contribution in [3.63, 3.8) is 0 Å². The molecule has 0 spiro atoms. The summed E-state index contributed by atoms with van der Waals surface area (Å²) in [4.78, 5) is 13.7. The van der Waals surface area contributed by atoms with Crippen LogP contribution in [0.15, 0.2) is 0 Å². The Labute approximate surface area is 105 Å². The summed E-state index contributed by atoms with van der Waals surface area (Å²) < 4.78 is 5.06. The highest BCUT2D eigenvalue weighted by atomic mass is 16.5. The number of hydrogen-bond acceptors (Lipinski definition) is 4. The van der Waals surface area contributed by atoms with E-state index in [4.69, 9.17) is 10.5 Å². The molecule has 0 rings (SSSR count). The molecule has 0 aromatic rings. The Morgan fingerprint density at radius 2 is 1.94 bits per heavy atom. The molecule has 0 radical (unpaired) electrons. The maximum absolute atomic E-state index is 11.7. The molecule has 2 N–H and O–H groups in total. The van der Waals surface area contributed by atoms with Crippen LogP contribution in [0.4, 0.5) is 0 Å². The average Bonchev–Trinajstić information content (AvgIpc) is 2.26. The number of ether oxygens (including phenoxy) is 1. The summed E-state index contributed by atoms with van der Waals surface area (Å²) in [6, 6.07) is 0.0477. The summed E-state index contributed by atoms with van der Waals surface area (Å²) in [5.74, 6) is 0.349. The minimum atomic E-state index is -0.144. The van der Waals surface area contributed by atoms with Crippen LogP contribution in [0.5, 0.6) is 0 Å². The zero-order valence-electron chi connectivity index (χ0n) is 11.9. The third-order valence-corrected chi connectivity index (χ3v) is 3.15. The Bertz CT molecular complexity index is 219. The lowest BCUT2D eigenvalue weighted by Crippen LogP contribution is -2.42. The molecule has 17 heavy (non-hydrogen) atoms. The molecule has 0 aliphatic carbocycles. The van der Waals surface area contributed by atoms with Gasteiger partial charge in [-0.2, -0.15) is 0 Å². The minimum absolute atomic E-state index is 0.129. The van der Waals surface area contributed by atoms with Gasteiger partial charge in [0.15, 0.2) is 0 Å². The zero-order valence-corrected chi connectivity index (χ0v) is 11.9. The van der Waals surface area contributed by atoms with Gasteiger partial charge in [0.25, 0.3) is 0 Å². The number of esters is 1. The third kappa shape index (κ3) is 6.03. The molecule has 0 aliphatic heterocycles. The van der Waals surface area contributed by atoms with E-state index in [2.05, 4.69) is 13.8 Å². The van der Waals surface area contributed by atoms with Crippen molar-refractivity contribution in [1.29, 1.82) is 0 Å². The fraction of sp³-hybridized carbons (Fsp3) is 0.923. The van der Waals surface area contributed by atoms with Crippen LogP contribution in [0.2, 0.25) is 0 Å². The van der Waals surface area contributed by atoms with Crippen molar-refractivity contribution in [2.24, 2.45) is 11.7 Å². The van der Waals surface area contributed by atoms with Gasteiger partial charge in [0, 0.05) is 12.6 Å². The van der Waals surface area contributed by atoms with E-state index in [1.165, 1.54) is 0 Å². The van der Waals surface area contributed by atoms with E-state index in [-0.39, 0.29) is 18.1 Å². The summed E-state index contributed by atoms with van der Waals surface area (Å²) in [6.45, 7) is 9.34. The van der Waals surface area contributed by atoms with E-state index in [1.54, 1.807) is 0 Å². The first-order valence-corrected chi connectivity index (χ1v) is 6.56. The van der Waals surface area contributed by atoms with Crippen LogP contribution < -0.4 is 5.73 Å². The van der Waals surface area contributed by atoms with Gasteiger partial charge in [-0.3, -0.25) is 9.69 Å². The predicted molar refractivity (Wildman–Crippen MR) is 70.8 cm³/mol. The van der Waals surface area contributed by atoms with E-state index in [0.717, 1.165) is 19.4 Å². The van der Waals surface area contributed by atoms with Crippen molar-refractivity contribution in [1.82, 2.24) is 4.90 Å². The van der Waals surface area contributed by atoms with Crippen LogP contribution in [0.1, 0.15) is 40.5 Å². The second kappa shape index (κ2) is 8.48. The van der Waals surface area contributed by atoms with Gasteiger partial charge in [-0.15, -0.1) is 0 Å². The molecule has 0 aromatic carbocycles. The second-order valence-corrected chi connectivity index (χ2v) is 4.85. The smallest absolute Gasteiger partial charge is 0.323 e. The van der Waals surface area contributed by atoms with E-state index in [1.807, 2.05) is 25.8 Å². The molecule has 0 fully saturated rings. The Morgan fingerprint density at radius 3 is 2.35 bits per heavy atom. The molecule has 102 valence electrons. The highest BCUT2D eigenvalue weighted by Gasteiger charge is 2.22. The summed E-state index contributed by atoms with van der Waals surface area (Å²) in [7, 11) is 1.96. The molecule has 0 saturated carbocycles. The standard InChI is InChI=1S/C13H28N2O2/c1-6-12(13(16)17-7-2)15(5)9-8-11(14)10(3)4/h10-12H,6-9,14H2,1-5H3. The number of nitrogens with two attached hydrogens (primary N) is 1. The van der Waals surface area contributed by atoms with Crippen molar-refractivity contribution in [3.8, 4) is 0 Å². The monoisotopic (exact) mass is 244 g/mol. The summed E-state index contributed by atoms with van der Waals surface area (Å²) in [6.07, 6.45) is 1.68. The molecule has 0 aliphatic rings. The van der Waals surface area contributed by atoms with Gasteiger partial charge in [0.05, 0.1) is 6.61 Å². The van der Waals surface area contributed by atoms with Crippen LogP contribution in [0.3, 0.4) is 0 Å². The first-order chi connectivity index (χ1) is 7.93. The van der Waals surface area contributed by atoms with Crippen molar-refractivity contribution < 1.29 is 9.53 Å². The Kier molecular flexibility index (Phi) is 8.17. The summed E-state index contributed by atoms with van der Waals surface area (Å²) in [5, 5.41) is 0. The fourth-order valence-electron chi connectivity index (χ4n) is 1.74. The molecule has 0 saturated heterocycles. The number of hydrogen-bond donors (Lipinski definition) is 1. The molecule has 4 nitrogen and oxygen atoms in total. The van der Waals surface area contributed by atoms with E-state index < -0.39 is 0 Å². The number of carbonyl (C=O) groups excluding carboxylic acids is 1. The lowest BCUT2D eigenvalue weighted by molar-refractivity contribution is -0.149. The first-order valence-electron chi connectivity index (χ1n) is 6.56. The Morgan fingerprint density at radius 1 is 1.35 bits per heavy atom. The SMILES string of the molecule is CCOC(=O)C(CC)N(C)CCC(N)C(C)C. The van der Waals surface area contributed by atoms with Crippen molar-refractivity contribution >= 4 is 5.97 Å². The van der Waals surface area contributed by atoms with Gasteiger partial charge in [-0.25, -0.2) is 0 Å². The highest BCUT2D eigenvalue weighted by molar-refractivity contribution is 5.75. The van der Waals surface area contributed by atoms with Gasteiger partial charge < -0.3 is 10.5 Å². The zero-order chi connectivity index (χ0) is 13.4. The van der Waals surface area contributed by atoms with Gasteiger partial charge >= 0.3 is 5.97 Å². The number of likely N-dealkylation sites (N-methyl/N-ethyl adjacent to an activating group) is 1. The van der Waals surface area contributed by atoms with Crippen LogP contribution in [0.25, 0.3) is 0 Å². The normalized spacial score (nSPS) is 15.1. The van der Waals surface area contributed by atoms with Crippen molar-refractivity contribution in [3.05, 3.63) is 0 Å². The maximum atomic E-state index is 11.7. The quantitative estimate of drug-likeness (QED) is 0.659. The number of carbonyl (C=O) groups is 1. The van der Waals surface area contributed by atoms with Crippen LogP contribution in [-0.2, 0) is 9.53 Å². The molecule has 0 bridgehead atoms. The van der Waals surface area contributed by atoms with Gasteiger partial charge in [-0.1, -0.05) is 20.8 Å². The minimum Gasteiger partial charge on any atom is -0.465 e. The lowest BCUT2D eigenvalue weighted by Gasteiger charge is -2.27. The third-order valence-electron chi connectivity index (χ3n) is 3.15. The molecular weight excluding hydrogens is 216 g/mol. The van der Waals surface area contributed by atoms with E-state index in [0.29, 0.717) is 12.5 Å². The summed E-state index contributed by atoms with van der Waals surface area (Å²) >= 11 is 0. The highest BCUT2D eigenvalue weighted by Crippen LogP contribution is 2.08. The van der Waals surface area contributed by atoms with Crippen molar-refractivity contribution in [2.45, 2.75) is 52.6 Å². The molecule has 2 atom stereocenters. The molecule has 4 heteroatoms. The molecule has 0 amide bonds. The van der Waals surface area contributed by atoms with Crippen molar-refractivity contribution in [2.75, 3.05) is 20.2 Å².